The Bertz CT molecular complexity index is 1350. The Morgan fingerprint density at radius 3 is 2.03 bits per heavy atom. The van der Waals surface area contributed by atoms with Crippen LogP contribution in [0.25, 0.3) is 6.08 Å². The van der Waals surface area contributed by atoms with Crippen molar-refractivity contribution in [1.29, 1.82) is 0 Å². The van der Waals surface area contributed by atoms with Gasteiger partial charge in [0.15, 0.2) is 0 Å². The van der Waals surface area contributed by atoms with Crippen molar-refractivity contribution in [2.24, 2.45) is 11.0 Å². The summed E-state index contributed by atoms with van der Waals surface area (Å²) in [4.78, 5) is 4.66. The van der Waals surface area contributed by atoms with Gasteiger partial charge in [0.2, 0.25) is 0 Å². The third-order valence-electron chi connectivity index (χ3n) is 6.60. The lowest BCUT2D eigenvalue weighted by atomic mass is 9.84. The smallest absolute Gasteiger partial charge is 0.149 e. The molecule has 0 bridgehead atoms. The van der Waals surface area contributed by atoms with Gasteiger partial charge < -0.3 is 9.47 Å². The Morgan fingerprint density at radius 1 is 0.737 bits per heavy atom. The number of nitrogens with zero attached hydrogens (tertiary/aromatic N) is 3. The first-order valence-electron chi connectivity index (χ1n) is 13.2. The highest BCUT2D eigenvalue weighted by Crippen LogP contribution is 2.41. The largest absolute Gasteiger partial charge is 0.494 e. The lowest BCUT2D eigenvalue weighted by molar-refractivity contribution is 0.340. The van der Waals surface area contributed by atoms with E-state index in [-0.39, 0.29) is 12.0 Å². The van der Waals surface area contributed by atoms with Crippen LogP contribution in [0.2, 0.25) is 0 Å². The molecule has 0 fully saturated rings. The van der Waals surface area contributed by atoms with Gasteiger partial charge in [-0.25, -0.2) is 9.99 Å². The van der Waals surface area contributed by atoms with E-state index in [0.717, 1.165) is 35.0 Å². The minimum absolute atomic E-state index is 0.0132. The molecular formula is C33H33N3O2. The molecule has 0 spiro atoms. The summed E-state index contributed by atoms with van der Waals surface area (Å²) in [6.07, 6.45) is 6.95. The van der Waals surface area contributed by atoms with Gasteiger partial charge in [0.25, 0.3) is 0 Å². The van der Waals surface area contributed by atoms with Crippen LogP contribution < -0.4 is 14.5 Å². The molecular weight excluding hydrogens is 470 g/mol. The van der Waals surface area contributed by atoms with E-state index >= 15 is 0 Å². The van der Waals surface area contributed by atoms with Crippen LogP contribution in [0, 0.1) is 5.92 Å². The van der Waals surface area contributed by atoms with Crippen molar-refractivity contribution in [2.45, 2.75) is 26.3 Å². The summed E-state index contributed by atoms with van der Waals surface area (Å²) in [5, 5.41) is 7.23. The Hall–Kier alpha value is -4.38. The topological polar surface area (TPSA) is 47.0 Å². The molecule has 38 heavy (non-hydrogen) atoms. The van der Waals surface area contributed by atoms with E-state index in [1.807, 2.05) is 62.5 Å². The van der Waals surface area contributed by atoms with E-state index in [1.165, 1.54) is 11.1 Å². The van der Waals surface area contributed by atoms with Crippen LogP contribution in [0.5, 0.6) is 11.5 Å². The fraction of sp³-hybridized carbons (Fsp3) is 0.212. The highest BCUT2D eigenvalue weighted by atomic mass is 16.5. The van der Waals surface area contributed by atoms with Gasteiger partial charge >= 0.3 is 0 Å². The van der Waals surface area contributed by atoms with E-state index in [2.05, 4.69) is 76.7 Å². The van der Waals surface area contributed by atoms with Crippen molar-refractivity contribution in [3.05, 3.63) is 126 Å². The van der Waals surface area contributed by atoms with E-state index in [1.54, 1.807) is 0 Å². The number of hydrazone groups is 1. The molecule has 0 radical (unpaired) electrons. The van der Waals surface area contributed by atoms with E-state index < -0.39 is 0 Å². The van der Waals surface area contributed by atoms with Gasteiger partial charge in [-0.15, -0.1) is 0 Å². The second-order valence-electron chi connectivity index (χ2n) is 9.14. The first-order chi connectivity index (χ1) is 18.7. The van der Waals surface area contributed by atoms with Crippen molar-refractivity contribution in [3.8, 4) is 11.5 Å². The molecule has 192 valence electrons. The van der Waals surface area contributed by atoms with Crippen molar-refractivity contribution < 1.29 is 9.47 Å². The quantitative estimate of drug-likeness (QED) is 0.227. The summed E-state index contributed by atoms with van der Waals surface area (Å²) in [7, 11) is 0. The molecule has 0 saturated heterocycles. The first-order valence-corrected chi connectivity index (χ1v) is 13.2. The molecule has 1 aliphatic rings. The lowest BCUT2D eigenvalue weighted by Crippen LogP contribution is -2.27. The lowest BCUT2D eigenvalue weighted by Gasteiger charge is -2.28. The Labute approximate surface area is 225 Å². The molecule has 0 saturated carbocycles. The minimum atomic E-state index is -0.0132. The molecule has 0 amide bonds. The SMILES string of the molecule is CCOc1ccc(C=CC2=NN(c3ccccn3)C(c3ccc(OCC)cc3)C2Cc2ccccc2)cc1. The van der Waals surface area contributed by atoms with Gasteiger partial charge in [0.1, 0.15) is 17.3 Å². The number of ether oxygens (including phenoxy) is 2. The number of allylic oxidation sites excluding steroid dienone is 1. The summed E-state index contributed by atoms with van der Waals surface area (Å²) < 4.78 is 11.3. The Kier molecular flexibility index (Phi) is 8.14. The fourth-order valence-electron chi connectivity index (χ4n) is 4.84. The maximum Gasteiger partial charge on any atom is 0.149 e. The highest BCUT2D eigenvalue weighted by Gasteiger charge is 2.38. The summed E-state index contributed by atoms with van der Waals surface area (Å²) in [5.74, 6) is 2.70. The number of benzene rings is 3. The molecule has 2 heterocycles. The molecule has 5 heteroatoms. The van der Waals surface area contributed by atoms with Gasteiger partial charge in [0, 0.05) is 12.1 Å². The zero-order valence-electron chi connectivity index (χ0n) is 21.9. The van der Waals surface area contributed by atoms with Crippen LogP contribution in [0.3, 0.4) is 0 Å². The predicted octanol–water partition coefficient (Wildman–Crippen LogP) is 7.37. The van der Waals surface area contributed by atoms with Crippen molar-refractivity contribution in [1.82, 2.24) is 4.98 Å². The molecule has 0 N–H and O–H groups in total. The van der Waals surface area contributed by atoms with Gasteiger partial charge in [-0.2, -0.15) is 5.10 Å². The van der Waals surface area contributed by atoms with E-state index in [4.69, 9.17) is 14.6 Å². The zero-order valence-corrected chi connectivity index (χ0v) is 21.9. The number of pyridine rings is 1. The third kappa shape index (κ3) is 5.94. The zero-order chi connectivity index (χ0) is 26.2. The van der Waals surface area contributed by atoms with E-state index in [0.29, 0.717) is 13.2 Å². The van der Waals surface area contributed by atoms with Gasteiger partial charge in [0.05, 0.1) is 25.0 Å². The van der Waals surface area contributed by atoms with Crippen molar-refractivity contribution in [3.63, 3.8) is 0 Å². The van der Waals surface area contributed by atoms with Crippen molar-refractivity contribution in [2.75, 3.05) is 18.2 Å². The van der Waals surface area contributed by atoms with E-state index in [9.17, 15) is 0 Å². The van der Waals surface area contributed by atoms with Crippen LogP contribution in [0.15, 0.2) is 114 Å². The molecule has 2 atom stereocenters. The monoisotopic (exact) mass is 503 g/mol. The van der Waals surface area contributed by atoms with Gasteiger partial charge in [-0.05, 0) is 79.4 Å². The molecule has 3 aromatic carbocycles. The summed E-state index contributed by atoms with van der Waals surface area (Å²) >= 11 is 0. The maximum atomic E-state index is 5.72. The van der Waals surface area contributed by atoms with Gasteiger partial charge in [-0.1, -0.05) is 66.7 Å². The molecule has 1 aromatic heterocycles. The molecule has 4 aromatic rings. The number of aromatic nitrogens is 1. The summed E-state index contributed by atoms with van der Waals surface area (Å²) in [6.45, 7) is 5.29. The molecule has 1 aliphatic heterocycles. The summed E-state index contributed by atoms with van der Waals surface area (Å²) in [6, 6.07) is 33.1. The number of hydrogen-bond donors (Lipinski definition) is 0. The normalized spacial score (nSPS) is 17.0. The average molecular weight is 504 g/mol. The molecule has 2 unspecified atom stereocenters. The van der Waals surface area contributed by atoms with Crippen LogP contribution in [-0.4, -0.2) is 23.9 Å². The van der Waals surface area contributed by atoms with Gasteiger partial charge in [-0.3, -0.25) is 0 Å². The number of hydrogen-bond acceptors (Lipinski definition) is 5. The standard InChI is InChI=1S/C33H33N3O2/c1-3-37-28-18-13-25(14-19-28)15-22-31-30(24-26-10-6-5-7-11-26)33(27-16-20-29(21-17-27)38-4-2)36(35-31)32-12-8-9-23-34-32/h5-23,30,33H,3-4,24H2,1-2H3. The molecule has 0 aliphatic carbocycles. The Morgan fingerprint density at radius 2 is 1.39 bits per heavy atom. The number of rotatable bonds is 10. The average Bonchev–Trinajstić information content (AvgIpc) is 3.32. The molecule has 5 rings (SSSR count). The van der Waals surface area contributed by atoms with Crippen LogP contribution in [0.1, 0.15) is 36.6 Å². The fourth-order valence-corrected chi connectivity index (χ4v) is 4.84. The third-order valence-corrected chi connectivity index (χ3v) is 6.60. The van der Waals surface area contributed by atoms with Crippen LogP contribution >= 0.6 is 0 Å². The van der Waals surface area contributed by atoms with Crippen molar-refractivity contribution >= 4 is 17.6 Å². The minimum Gasteiger partial charge on any atom is -0.494 e. The summed E-state index contributed by atoms with van der Waals surface area (Å²) in [5.41, 5.74) is 4.57. The second kappa shape index (κ2) is 12.2. The first kappa shape index (κ1) is 25.3. The maximum absolute atomic E-state index is 5.72. The van der Waals surface area contributed by atoms with Crippen LogP contribution in [0.4, 0.5) is 5.82 Å². The second-order valence-corrected chi connectivity index (χ2v) is 9.14. The highest BCUT2D eigenvalue weighted by molar-refractivity contribution is 6.03. The molecule has 5 nitrogen and oxygen atoms in total. The predicted molar refractivity (Wildman–Crippen MR) is 155 cm³/mol. The van der Waals surface area contributed by atoms with Crippen LogP contribution in [-0.2, 0) is 6.42 Å². The Balaban J connectivity index is 1.53. The number of anilines is 1.